The van der Waals surface area contributed by atoms with Gasteiger partial charge < -0.3 is 12.8 Å². The van der Waals surface area contributed by atoms with Crippen LogP contribution in [0.25, 0.3) is 0 Å². The summed E-state index contributed by atoms with van der Waals surface area (Å²) in [7, 11) is 0.611. The third-order valence-corrected chi connectivity index (χ3v) is 0. The van der Waals surface area contributed by atoms with Crippen LogP contribution in [-0.2, 0) is 4.46 Å². The molecular formula is H6MgO2Si. The molecule has 0 rings (SSSR count). The third kappa shape index (κ3) is 15.1. The molecule has 0 radical (unpaired) electrons. The van der Waals surface area contributed by atoms with E-state index in [1.54, 1.807) is 0 Å². The largest absolute Gasteiger partial charge is 2.00 e. The Hall–Kier alpha value is 0.743. The Bertz CT molecular complexity index is 11.5. The zero-order valence-corrected chi connectivity index (χ0v) is 5.15. The Kier molecular flexibility index (Phi) is 279. The molecule has 0 saturated carbocycles. The van der Waals surface area contributed by atoms with Gasteiger partial charge in [0.25, 0.3) is 0 Å². The zero-order valence-electron chi connectivity index (χ0n) is 4.32. The molecular weight excluding hydrogens is 84.4 g/mol. The van der Waals surface area contributed by atoms with Crippen molar-refractivity contribution in [3.8, 4) is 0 Å². The predicted octanol–water partition coefficient (Wildman–Crippen LogP) is -2.02. The van der Waals surface area contributed by atoms with E-state index in [-0.39, 0.29) is 31.4 Å². The van der Waals surface area contributed by atoms with E-state index < -0.39 is 0 Å². The van der Waals surface area contributed by atoms with E-state index in [0.29, 0.717) is 10.1 Å². The first-order valence-corrected chi connectivity index (χ1v) is 0.866. The van der Waals surface area contributed by atoms with Crippen LogP contribution in [0.4, 0.5) is 0 Å². The summed E-state index contributed by atoms with van der Waals surface area (Å²) in [6, 6.07) is 0. The molecule has 24 valence electrons. The monoisotopic (exact) mass is 90.0 g/mol. The molecule has 0 atom stereocenters. The van der Waals surface area contributed by atoms with Gasteiger partial charge in [-0.15, -0.1) is 0 Å². The van der Waals surface area contributed by atoms with E-state index in [1.807, 2.05) is 0 Å². The summed E-state index contributed by atoms with van der Waals surface area (Å²) in [5.74, 6) is 0. The van der Waals surface area contributed by atoms with Crippen LogP contribution in [-0.4, -0.2) is 38.7 Å². The van der Waals surface area contributed by atoms with Crippen molar-refractivity contribution in [1.29, 1.82) is 0 Å². The molecule has 0 aromatic carbocycles. The van der Waals surface area contributed by atoms with Gasteiger partial charge in [0.15, 0.2) is 0 Å². The minimum atomic E-state index is 0. The Morgan fingerprint density at radius 3 is 1.50 bits per heavy atom. The summed E-state index contributed by atoms with van der Waals surface area (Å²) < 4.78 is 8.28. The standard InChI is InChI=1S/Mg.H2OSi.H2O.2H/c;1-2;;;/h;2H2;1H2;;/q+2;;;2*-1. The zero-order chi connectivity index (χ0) is 2.00. The Morgan fingerprint density at radius 2 is 1.50 bits per heavy atom. The summed E-state index contributed by atoms with van der Waals surface area (Å²) in [5.41, 5.74) is 0. The average Bonchev–Trinajstić information content (AvgIpc) is 1.00. The molecule has 0 amide bonds. The van der Waals surface area contributed by atoms with Crippen molar-refractivity contribution in [3.63, 3.8) is 0 Å². The van der Waals surface area contributed by atoms with E-state index in [4.69, 9.17) is 4.46 Å². The van der Waals surface area contributed by atoms with Crippen LogP contribution in [0.1, 0.15) is 2.85 Å². The molecule has 0 saturated heterocycles. The molecule has 0 spiro atoms. The maximum atomic E-state index is 8.28. The van der Waals surface area contributed by atoms with Crippen LogP contribution in [0.3, 0.4) is 0 Å². The van der Waals surface area contributed by atoms with Gasteiger partial charge in [0, 0.05) is 0 Å². The second kappa shape index (κ2) is 51.0. The minimum absolute atomic E-state index is 0. The van der Waals surface area contributed by atoms with Crippen molar-refractivity contribution < 1.29 is 12.8 Å². The van der Waals surface area contributed by atoms with E-state index in [9.17, 15) is 0 Å². The van der Waals surface area contributed by atoms with Gasteiger partial charge >= 0.3 is 23.1 Å². The van der Waals surface area contributed by atoms with Gasteiger partial charge in [-0.3, -0.25) is 0 Å². The normalized spacial score (nSPS) is 1.00. The quantitative estimate of drug-likeness (QED) is 0.317. The Balaban J connectivity index is -0.000000000833. The molecule has 0 aliphatic carbocycles. The predicted molar refractivity (Wildman–Crippen MR) is 20.8 cm³/mol. The molecule has 0 heterocycles. The Labute approximate surface area is 46.5 Å². The van der Waals surface area contributed by atoms with Gasteiger partial charge in [0.1, 0.15) is 0 Å². The molecule has 4 heavy (non-hydrogen) atoms. The summed E-state index contributed by atoms with van der Waals surface area (Å²) in [4.78, 5) is 0. The fraction of sp³-hybridized carbons (Fsp3) is 0. The van der Waals surface area contributed by atoms with Gasteiger partial charge in [-0.05, 0) is 0 Å². The van der Waals surface area contributed by atoms with Crippen molar-refractivity contribution >= 4 is 33.2 Å². The first-order valence-electron chi connectivity index (χ1n) is 0.289. The maximum absolute atomic E-state index is 8.28. The van der Waals surface area contributed by atoms with E-state index >= 15 is 0 Å². The number of hydrogen-bond acceptors (Lipinski definition) is 1. The third-order valence-electron chi connectivity index (χ3n) is 0. The molecule has 0 fully saturated rings. The smallest absolute Gasteiger partial charge is 1.00 e. The first-order chi connectivity index (χ1) is 1.00. The SMILES string of the molecule is O.O=[SiH2].[H-].[H-].[Mg+2]. The number of rotatable bonds is 0. The molecule has 2 nitrogen and oxygen atoms in total. The van der Waals surface area contributed by atoms with Crippen LogP contribution < -0.4 is 0 Å². The van der Waals surface area contributed by atoms with Crippen LogP contribution in [0.2, 0.25) is 0 Å². The van der Waals surface area contributed by atoms with Gasteiger partial charge in [0.2, 0.25) is 10.1 Å². The maximum Gasteiger partial charge on any atom is 2.00 e. The molecule has 0 bridgehead atoms. The second-order valence-corrected chi connectivity index (χ2v) is 0. The number of hydrogen-bond donors (Lipinski definition) is 0. The van der Waals surface area contributed by atoms with Crippen molar-refractivity contribution in [2.75, 3.05) is 0 Å². The molecule has 0 aromatic heterocycles. The fourth-order valence-corrected chi connectivity index (χ4v) is 0. The summed E-state index contributed by atoms with van der Waals surface area (Å²) in [5, 5.41) is 0. The second-order valence-electron chi connectivity index (χ2n) is 0. The summed E-state index contributed by atoms with van der Waals surface area (Å²) in [6.07, 6.45) is 0. The van der Waals surface area contributed by atoms with E-state index in [0.717, 1.165) is 0 Å². The van der Waals surface area contributed by atoms with Crippen molar-refractivity contribution in [2.24, 2.45) is 0 Å². The van der Waals surface area contributed by atoms with Crippen molar-refractivity contribution in [2.45, 2.75) is 0 Å². The minimum Gasteiger partial charge on any atom is -1.00 e. The molecule has 4 heteroatoms. The molecule has 0 aliphatic rings. The van der Waals surface area contributed by atoms with Crippen LogP contribution >= 0.6 is 0 Å². The molecule has 0 aliphatic heterocycles. The van der Waals surface area contributed by atoms with Gasteiger partial charge in [-0.25, -0.2) is 0 Å². The topological polar surface area (TPSA) is 48.6 Å². The molecule has 0 aromatic rings. The molecule has 0 unspecified atom stereocenters. The first kappa shape index (κ1) is 21.9. The van der Waals surface area contributed by atoms with E-state index in [2.05, 4.69) is 0 Å². The summed E-state index contributed by atoms with van der Waals surface area (Å²) in [6.45, 7) is 0. The van der Waals surface area contributed by atoms with E-state index in [1.165, 1.54) is 0 Å². The molecule has 2 N–H and O–H groups in total. The van der Waals surface area contributed by atoms with Crippen LogP contribution in [0.15, 0.2) is 0 Å². The van der Waals surface area contributed by atoms with Crippen LogP contribution in [0.5, 0.6) is 0 Å². The van der Waals surface area contributed by atoms with Gasteiger partial charge in [-0.1, -0.05) is 0 Å². The van der Waals surface area contributed by atoms with Crippen molar-refractivity contribution in [3.05, 3.63) is 0 Å². The Morgan fingerprint density at radius 1 is 1.50 bits per heavy atom. The van der Waals surface area contributed by atoms with Gasteiger partial charge in [0.05, 0.1) is 0 Å². The van der Waals surface area contributed by atoms with Gasteiger partial charge in [-0.2, -0.15) is 0 Å². The van der Waals surface area contributed by atoms with Crippen LogP contribution in [0, 0.1) is 0 Å². The fourth-order valence-electron chi connectivity index (χ4n) is 0. The van der Waals surface area contributed by atoms with Crippen molar-refractivity contribution in [1.82, 2.24) is 0 Å². The average molecular weight is 90.4 g/mol. The summed E-state index contributed by atoms with van der Waals surface area (Å²) >= 11 is 0.